The van der Waals surface area contributed by atoms with Crippen LogP contribution in [0.3, 0.4) is 0 Å². The fourth-order valence-corrected chi connectivity index (χ4v) is 2.51. The average molecular weight is 299 g/mol. The molecule has 106 valence electrons. The SMILES string of the molecule is O=C(NCC(O)c1ccc2ccccc2c1)c1cnns1. The summed E-state index contributed by atoms with van der Waals surface area (Å²) < 4.78 is 3.63. The van der Waals surface area contributed by atoms with Gasteiger partial charge >= 0.3 is 0 Å². The fraction of sp³-hybridized carbons (Fsp3) is 0.133. The van der Waals surface area contributed by atoms with Gasteiger partial charge in [0, 0.05) is 6.54 Å². The third-order valence-corrected chi connectivity index (χ3v) is 3.86. The van der Waals surface area contributed by atoms with Gasteiger partial charge in [0.25, 0.3) is 5.91 Å². The number of aliphatic hydroxyl groups is 1. The van der Waals surface area contributed by atoms with Crippen molar-refractivity contribution in [3.05, 3.63) is 59.1 Å². The molecule has 1 aromatic heterocycles. The summed E-state index contributed by atoms with van der Waals surface area (Å²) in [7, 11) is 0. The van der Waals surface area contributed by atoms with Gasteiger partial charge in [-0.05, 0) is 33.9 Å². The summed E-state index contributed by atoms with van der Waals surface area (Å²) in [6.07, 6.45) is 0.655. The zero-order chi connectivity index (χ0) is 14.7. The molecule has 5 nitrogen and oxygen atoms in total. The highest BCUT2D eigenvalue weighted by Gasteiger charge is 2.12. The Bertz CT molecular complexity index is 758. The molecular weight excluding hydrogens is 286 g/mol. The molecule has 0 radical (unpaired) electrons. The van der Waals surface area contributed by atoms with Crippen LogP contribution >= 0.6 is 11.5 Å². The van der Waals surface area contributed by atoms with Crippen LogP contribution in [0.15, 0.2) is 48.7 Å². The second-order valence-corrected chi connectivity index (χ2v) is 5.40. The van der Waals surface area contributed by atoms with Crippen LogP contribution in [-0.4, -0.2) is 27.1 Å². The maximum Gasteiger partial charge on any atom is 0.264 e. The molecule has 0 aliphatic rings. The Balaban J connectivity index is 1.69. The highest BCUT2D eigenvalue weighted by Crippen LogP contribution is 2.20. The molecular formula is C15H13N3O2S. The van der Waals surface area contributed by atoms with E-state index in [0.29, 0.717) is 4.88 Å². The molecule has 3 rings (SSSR count). The van der Waals surface area contributed by atoms with Gasteiger partial charge in [-0.25, -0.2) is 0 Å². The number of benzene rings is 2. The zero-order valence-electron chi connectivity index (χ0n) is 11.1. The van der Waals surface area contributed by atoms with Gasteiger partial charge in [0.2, 0.25) is 0 Å². The lowest BCUT2D eigenvalue weighted by atomic mass is 10.0. The number of nitrogens with zero attached hydrogens (tertiary/aromatic N) is 2. The van der Waals surface area contributed by atoms with Gasteiger partial charge in [0.15, 0.2) is 0 Å². The minimum Gasteiger partial charge on any atom is -0.387 e. The van der Waals surface area contributed by atoms with E-state index in [1.807, 2.05) is 42.5 Å². The van der Waals surface area contributed by atoms with E-state index in [-0.39, 0.29) is 12.5 Å². The summed E-state index contributed by atoms with van der Waals surface area (Å²) in [5, 5.41) is 18.6. The molecule has 0 aliphatic heterocycles. The van der Waals surface area contributed by atoms with E-state index in [1.165, 1.54) is 6.20 Å². The molecule has 0 aliphatic carbocycles. The first-order valence-corrected chi connectivity index (χ1v) is 7.24. The van der Waals surface area contributed by atoms with Crippen LogP contribution in [0.5, 0.6) is 0 Å². The van der Waals surface area contributed by atoms with Gasteiger partial charge in [-0.15, -0.1) is 5.10 Å². The van der Waals surface area contributed by atoms with Crippen molar-refractivity contribution in [3.8, 4) is 0 Å². The van der Waals surface area contributed by atoms with Crippen LogP contribution in [0.2, 0.25) is 0 Å². The first kappa shape index (κ1) is 13.7. The number of fused-ring (bicyclic) bond motifs is 1. The molecule has 0 saturated heterocycles. The van der Waals surface area contributed by atoms with Crippen molar-refractivity contribution in [2.24, 2.45) is 0 Å². The number of rotatable bonds is 4. The van der Waals surface area contributed by atoms with Crippen molar-refractivity contribution < 1.29 is 9.90 Å². The Morgan fingerprint density at radius 1 is 1.24 bits per heavy atom. The van der Waals surface area contributed by atoms with Gasteiger partial charge in [-0.2, -0.15) is 0 Å². The number of amides is 1. The van der Waals surface area contributed by atoms with Gasteiger partial charge in [-0.1, -0.05) is 40.9 Å². The van der Waals surface area contributed by atoms with Crippen molar-refractivity contribution in [2.45, 2.75) is 6.10 Å². The monoisotopic (exact) mass is 299 g/mol. The Kier molecular flexibility index (Phi) is 3.89. The number of carbonyl (C=O) groups excluding carboxylic acids is 1. The lowest BCUT2D eigenvalue weighted by Crippen LogP contribution is -2.27. The minimum absolute atomic E-state index is 0.148. The molecule has 1 heterocycles. The number of nitrogens with one attached hydrogen (secondary N) is 1. The van der Waals surface area contributed by atoms with Crippen molar-refractivity contribution in [1.29, 1.82) is 0 Å². The fourth-order valence-electron chi connectivity index (χ4n) is 2.08. The molecule has 0 spiro atoms. The van der Waals surface area contributed by atoms with Crippen LogP contribution in [-0.2, 0) is 0 Å². The Morgan fingerprint density at radius 2 is 2.05 bits per heavy atom. The summed E-state index contributed by atoms with van der Waals surface area (Å²) in [6, 6.07) is 13.7. The number of aromatic nitrogens is 2. The molecule has 2 N–H and O–H groups in total. The Morgan fingerprint density at radius 3 is 2.81 bits per heavy atom. The topological polar surface area (TPSA) is 75.1 Å². The summed E-state index contributed by atoms with van der Waals surface area (Å²) in [5.74, 6) is -0.273. The zero-order valence-corrected chi connectivity index (χ0v) is 11.9. The molecule has 1 atom stereocenters. The van der Waals surface area contributed by atoms with Gasteiger partial charge < -0.3 is 10.4 Å². The minimum atomic E-state index is -0.751. The molecule has 6 heteroatoms. The first-order valence-electron chi connectivity index (χ1n) is 6.46. The van der Waals surface area contributed by atoms with E-state index in [2.05, 4.69) is 14.9 Å². The number of hydrogen-bond acceptors (Lipinski definition) is 5. The molecule has 0 fully saturated rings. The number of carbonyl (C=O) groups is 1. The van der Waals surface area contributed by atoms with Crippen molar-refractivity contribution >= 4 is 28.2 Å². The van der Waals surface area contributed by atoms with Crippen molar-refractivity contribution in [3.63, 3.8) is 0 Å². The van der Waals surface area contributed by atoms with E-state index in [0.717, 1.165) is 27.9 Å². The molecule has 1 amide bonds. The van der Waals surface area contributed by atoms with E-state index >= 15 is 0 Å². The van der Waals surface area contributed by atoms with Gasteiger partial charge in [-0.3, -0.25) is 4.79 Å². The summed E-state index contributed by atoms with van der Waals surface area (Å²) in [5.41, 5.74) is 0.774. The van der Waals surface area contributed by atoms with E-state index in [4.69, 9.17) is 0 Å². The average Bonchev–Trinajstić information content (AvgIpc) is 3.06. The normalized spacial score (nSPS) is 12.2. The molecule has 2 aromatic carbocycles. The van der Waals surface area contributed by atoms with Crippen LogP contribution in [0.1, 0.15) is 21.3 Å². The highest BCUT2D eigenvalue weighted by atomic mass is 32.1. The largest absolute Gasteiger partial charge is 0.387 e. The Hall–Kier alpha value is -2.31. The lowest BCUT2D eigenvalue weighted by molar-refractivity contribution is 0.0920. The number of aliphatic hydroxyl groups excluding tert-OH is 1. The smallest absolute Gasteiger partial charge is 0.264 e. The third kappa shape index (κ3) is 3.07. The molecule has 1 unspecified atom stereocenters. The standard InChI is InChI=1S/C15H13N3O2S/c19-13(8-16-15(20)14-9-17-18-21-14)12-6-5-10-3-1-2-4-11(10)7-12/h1-7,9,13,19H,8H2,(H,16,20). The predicted molar refractivity (Wildman–Crippen MR) is 81.2 cm³/mol. The summed E-state index contributed by atoms with van der Waals surface area (Å²) >= 11 is 1.03. The van der Waals surface area contributed by atoms with Gasteiger partial charge in [0.05, 0.1) is 12.3 Å². The predicted octanol–water partition coefficient (Wildman–Crippen LogP) is 2.15. The highest BCUT2D eigenvalue weighted by molar-refractivity contribution is 7.07. The Labute approximate surface area is 125 Å². The second-order valence-electron chi connectivity index (χ2n) is 4.61. The first-order chi connectivity index (χ1) is 10.2. The van der Waals surface area contributed by atoms with E-state index < -0.39 is 6.10 Å². The lowest BCUT2D eigenvalue weighted by Gasteiger charge is -2.12. The van der Waals surface area contributed by atoms with Crippen LogP contribution in [0.25, 0.3) is 10.8 Å². The molecule has 0 saturated carbocycles. The van der Waals surface area contributed by atoms with Crippen LogP contribution in [0, 0.1) is 0 Å². The summed E-state index contributed by atoms with van der Waals surface area (Å²) in [4.78, 5) is 12.2. The third-order valence-electron chi connectivity index (χ3n) is 3.20. The van der Waals surface area contributed by atoms with E-state index in [1.54, 1.807) is 0 Å². The van der Waals surface area contributed by atoms with Crippen LogP contribution < -0.4 is 5.32 Å². The van der Waals surface area contributed by atoms with Crippen molar-refractivity contribution in [2.75, 3.05) is 6.54 Å². The van der Waals surface area contributed by atoms with E-state index in [9.17, 15) is 9.90 Å². The molecule has 21 heavy (non-hydrogen) atoms. The molecule has 0 bridgehead atoms. The van der Waals surface area contributed by atoms with Crippen molar-refractivity contribution in [1.82, 2.24) is 14.9 Å². The van der Waals surface area contributed by atoms with Crippen LogP contribution in [0.4, 0.5) is 0 Å². The maximum absolute atomic E-state index is 11.8. The number of hydrogen-bond donors (Lipinski definition) is 2. The quantitative estimate of drug-likeness (QED) is 0.774. The molecule has 3 aromatic rings. The second kappa shape index (κ2) is 5.99. The maximum atomic E-state index is 11.8. The van der Waals surface area contributed by atoms with Gasteiger partial charge in [0.1, 0.15) is 4.88 Å². The summed E-state index contributed by atoms with van der Waals surface area (Å²) in [6.45, 7) is 0.148.